The number of fused-ring (bicyclic) bond motifs is 1. The number of ketones is 1. The standard InChI is InChI=1S/C20H12ClNO3/c21-16-12-17-18(11-15(16)19(23)13-7-3-1-4-8-13)25-20(24)22(17)14-9-5-2-6-10-14/h1-12H. The molecule has 3 aromatic carbocycles. The topological polar surface area (TPSA) is 52.2 Å². The zero-order chi connectivity index (χ0) is 17.4. The van der Waals surface area contributed by atoms with Crippen molar-refractivity contribution < 1.29 is 9.21 Å². The molecule has 0 aliphatic carbocycles. The number of carbonyl (C=O) groups excluding carboxylic acids is 1. The number of nitrogens with zero attached hydrogens (tertiary/aromatic N) is 1. The molecule has 0 spiro atoms. The van der Waals surface area contributed by atoms with Crippen molar-refractivity contribution >= 4 is 28.5 Å². The second kappa shape index (κ2) is 6.07. The summed E-state index contributed by atoms with van der Waals surface area (Å²) in [6.45, 7) is 0. The van der Waals surface area contributed by atoms with Crippen LogP contribution >= 0.6 is 11.6 Å². The molecule has 0 unspecified atom stereocenters. The molecule has 1 aromatic heterocycles. The molecule has 4 nitrogen and oxygen atoms in total. The summed E-state index contributed by atoms with van der Waals surface area (Å²) in [5.41, 5.74) is 2.33. The van der Waals surface area contributed by atoms with Gasteiger partial charge in [0, 0.05) is 11.1 Å². The average Bonchev–Trinajstić information content (AvgIpc) is 2.96. The molecular formula is C20H12ClNO3. The fourth-order valence-electron chi connectivity index (χ4n) is 2.78. The second-order valence-corrected chi connectivity index (χ2v) is 5.94. The zero-order valence-electron chi connectivity index (χ0n) is 13.0. The molecule has 0 bridgehead atoms. The Balaban J connectivity index is 1.90. The summed E-state index contributed by atoms with van der Waals surface area (Å²) in [5, 5.41) is 0.270. The minimum atomic E-state index is -0.526. The summed E-state index contributed by atoms with van der Waals surface area (Å²) in [6, 6.07) is 21.1. The van der Waals surface area contributed by atoms with Crippen LogP contribution in [0.5, 0.6) is 0 Å². The number of aromatic nitrogens is 1. The van der Waals surface area contributed by atoms with Crippen LogP contribution in [0.3, 0.4) is 0 Å². The Morgan fingerprint density at radius 1 is 0.920 bits per heavy atom. The molecule has 4 aromatic rings. The number of hydrogen-bond donors (Lipinski definition) is 0. The first-order valence-electron chi connectivity index (χ1n) is 7.65. The lowest BCUT2D eigenvalue weighted by Crippen LogP contribution is -2.11. The highest BCUT2D eigenvalue weighted by Gasteiger charge is 2.18. The highest BCUT2D eigenvalue weighted by Crippen LogP contribution is 2.27. The highest BCUT2D eigenvalue weighted by molar-refractivity contribution is 6.35. The molecule has 1 heterocycles. The van der Waals surface area contributed by atoms with Crippen LogP contribution < -0.4 is 5.76 Å². The van der Waals surface area contributed by atoms with Crippen LogP contribution in [-0.4, -0.2) is 10.4 Å². The van der Waals surface area contributed by atoms with E-state index in [1.54, 1.807) is 42.5 Å². The molecule has 5 heteroatoms. The van der Waals surface area contributed by atoms with Gasteiger partial charge in [0.25, 0.3) is 0 Å². The largest absolute Gasteiger partial charge is 0.424 e. The molecule has 0 radical (unpaired) electrons. The predicted octanol–water partition coefficient (Wildman–Crippen LogP) is 4.47. The van der Waals surface area contributed by atoms with Gasteiger partial charge in [-0.3, -0.25) is 4.79 Å². The summed E-state index contributed by atoms with van der Waals surface area (Å²) < 4.78 is 6.76. The van der Waals surface area contributed by atoms with Crippen molar-refractivity contribution in [1.29, 1.82) is 0 Å². The minimum Gasteiger partial charge on any atom is -0.407 e. The lowest BCUT2D eigenvalue weighted by atomic mass is 10.0. The van der Waals surface area contributed by atoms with Gasteiger partial charge in [-0.1, -0.05) is 60.1 Å². The molecule has 0 aliphatic heterocycles. The van der Waals surface area contributed by atoms with E-state index in [2.05, 4.69) is 0 Å². The second-order valence-electron chi connectivity index (χ2n) is 5.53. The Hall–Kier alpha value is -3.11. The quantitative estimate of drug-likeness (QED) is 0.513. The van der Waals surface area contributed by atoms with Gasteiger partial charge in [0.05, 0.1) is 16.2 Å². The van der Waals surface area contributed by atoms with E-state index >= 15 is 0 Å². The molecular weight excluding hydrogens is 338 g/mol. The summed E-state index contributed by atoms with van der Waals surface area (Å²) in [5.74, 6) is -0.746. The van der Waals surface area contributed by atoms with E-state index in [1.165, 1.54) is 10.6 Å². The maximum Gasteiger partial charge on any atom is 0.424 e. The first-order chi connectivity index (χ1) is 12.1. The first-order valence-corrected chi connectivity index (χ1v) is 8.03. The fraction of sp³-hybridized carbons (Fsp3) is 0. The van der Waals surface area contributed by atoms with Crippen LogP contribution in [0, 0.1) is 0 Å². The molecule has 122 valence electrons. The van der Waals surface area contributed by atoms with Gasteiger partial charge in [0.2, 0.25) is 0 Å². The summed E-state index contributed by atoms with van der Waals surface area (Å²) in [4.78, 5) is 24.9. The Kier molecular flexibility index (Phi) is 3.75. The predicted molar refractivity (Wildman–Crippen MR) is 96.7 cm³/mol. The number of benzene rings is 3. The van der Waals surface area contributed by atoms with Crippen LogP contribution in [0.4, 0.5) is 0 Å². The Morgan fingerprint density at radius 3 is 2.24 bits per heavy atom. The molecule has 0 aliphatic rings. The van der Waals surface area contributed by atoms with Crippen molar-refractivity contribution in [3.05, 3.63) is 99.5 Å². The van der Waals surface area contributed by atoms with Crippen molar-refractivity contribution in [2.45, 2.75) is 0 Å². The van der Waals surface area contributed by atoms with Gasteiger partial charge in [-0.05, 0) is 24.3 Å². The molecule has 0 saturated heterocycles. The van der Waals surface area contributed by atoms with Gasteiger partial charge >= 0.3 is 5.76 Å². The van der Waals surface area contributed by atoms with Crippen molar-refractivity contribution in [3.8, 4) is 5.69 Å². The van der Waals surface area contributed by atoms with Crippen LogP contribution in [-0.2, 0) is 0 Å². The lowest BCUT2D eigenvalue weighted by Gasteiger charge is -2.05. The number of hydrogen-bond acceptors (Lipinski definition) is 3. The van der Waals surface area contributed by atoms with Gasteiger partial charge in [-0.25, -0.2) is 9.36 Å². The minimum absolute atomic E-state index is 0.220. The molecule has 0 atom stereocenters. The molecule has 4 rings (SSSR count). The molecule has 0 N–H and O–H groups in total. The van der Waals surface area contributed by atoms with E-state index in [1.807, 2.05) is 24.3 Å². The van der Waals surface area contributed by atoms with Crippen LogP contribution in [0.2, 0.25) is 5.02 Å². The van der Waals surface area contributed by atoms with Crippen molar-refractivity contribution in [3.63, 3.8) is 0 Å². The summed E-state index contributed by atoms with van der Waals surface area (Å²) >= 11 is 6.34. The van der Waals surface area contributed by atoms with Gasteiger partial charge in [-0.2, -0.15) is 0 Å². The van der Waals surface area contributed by atoms with Crippen LogP contribution in [0.15, 0.2) is 82.0 Å². The van der Waals surface area contributed by atoms with Crippen molar-refractivity contribution in [1.82, 2.24) is 4.57 Å². The van der Waals surface area contributed by atoms with E-state index in [-0.39, 0.29) is 10.8 Å². The molecule has 0 saturated carbocycles. The molecule has 0 fully saturated rings. The van der Waals surface area contributed by atoms with Gasteiger partial charge in [0.15, 0.2) is 11.4 Å². The summed E-state index contributed by atoms with van der Waals surface area (Å²) in [6.07, 6.45) is 0. The number of carbonyl (C=O) groups is 1. The van der Waals surface area contributed by atoms with Gasteiger partial charge in [0.1, 0.15) is 0 Å². The van der Waals surface area contributed by atoms with Gasteiger partial charge < -0.3 is 4.42 Å². The van der Waals surface area contributed by atoms with E-state index < -0.39 is 5.76 Å². The SMILES string of the molecule is O=C(c1ccccc1)c1cc2oc(=O)n(-c3ccccc3)c2cc1Cl. The smallest absolute Gasteiger partial charge is 0.407 e. The first kappa shape index (κ1) is 15.4. The Bertz CT molecular complexity index is 1130. The van der Waals surface area contributed by atoms with E-state index in [4.69, 9.17) is 16.0 Å². The monoisotopic (exact) mass is 349 g/mol. The maximum absolute atomic E-state index is 12.7. The van der Waals surface area contributed by atoms with Crippen molar-refractivity contribution in [2.75, 3.05) is 0 Å². The van der Waals surface area contributed by atoms with Crippen LogP contribution in [0.1, 0.15) is 15.9 Å². The van der Waals surface area contributed by atoms with Crippen LogP contribution in [0.25, 0.3) is 16.8 Å². The highest BCUT2D eigenvalue weighted by atomic mass is 35.5. The third kappa shape index (κ3) is 2.66. The lowest BCUT2D eigenvalue weighted by molar-refractivity contribution is 0.103. The van der Waals surface area contributed by atoms with Gasteiger partial charge in [-0.15, -0.1) is 0 Å². The average molecular weight is 350 g/mol. The molecule has 25 heavy (non-hydrogen) atoms. The molecule has 0 amide bonds. The number of oxazole rings is 1. The Morgan fingerprint density at radius 2 is 1.56 bits per heavy atom. The summed E-state index contributed by atoms with van der Waals surface area (Å²) in [7, 11) is 0. The number of halogens is 1. The van der Waals surface area contributed by atoms with E-state index in [0.717, 1.165) is 0 Å². The van der Waals surface area contributed by atoms with E-state index in [9.17, 15) is 9.59 Å². The maximum atomic E-state index is 12.7. The number of para-hydroxylation sites is 1. The zero-order valence-corrected chi connectivity index (χ0v) is 13.7. The van der Waals surface area contributed by atoms with Crippen molar-refractivity contribution in [2.24, 2.45) is 0 Å². The fourth-order valence-corrected chi connectivity index (χ4v) is 3.02. The van der Waals surface area contributed by atoms with E-state index in [0.29, 0.717) is 27.9 Å². The normalized spacial score (nSPS) is 10.9. The Labute approximate surface area is 147 Å². The third-order valence-electron chi connectivity index (χ3n) is 3.96. The number of rotatable bonds is 3. The third-order valence-corrected chi connectivity index (χ3v) is 4.28.